The van der Waals surface area contributed by atoms with Crippen molar-refractivity contribution >= 4 is 34.8 Å². The lowest BCUT2D eigenvalue weighted by molar-refractivity contribution is -0.116. The van der Waals surface area contributed by atoms with E-state index in [0.717, 1.165) is 5.56 Å². The first-order chi connectivity index (χ1) is 11.6. The van der Waals surface area contributed by atoms with E-state index in [-0.39, 0.29) is 12.3 Å². The minimum atomic E-state index is -0.173. The van der Waals surface area contributed by atoms with Gasteiger partial charge in [-0.05, 0) is 30.3 Å². The molecule has 2 aromatic carbocycles. The van der Waals surface area contributed by atoms with Crippen LogP contribution in [0.4, 0.5) is 5.69 Å². The number of carbonyl (C=O) groups is 1. The molecule has 0 aliphatic rings. The van der Waals surface area contributed by atoms with Crippen LogP contribution in [0.5, 0.6) is 0 Å². The minimum absolute atomic E-state index is 0.173. The molecule has 0 atom stereocenters. The fourth-order valence-corrected chi connectivity index (χ4v) is 2.37. The zero-order chi connectivity index (χ0) is 16.9. The highest BCUT2D eigenvalue weighted by Crippen LogP contribution is 2.25. The summed E-state index contributed by atoms with van der Waals surface area (Å²) in [5.41, 5.74) is 1.43. The van der Waals surface area contributed by atoms with Gasteiger partial charge in [-0.2, -0.15) is 0 Å². The second-order valence-electron chi connectivity index (χ2n) is 5.04. The lowest BCUT2D eigenvalue weighted by Gasteiger charge is -2.05. The summed E-state index contributed by atoms with van der Waals surface area (Å²) in [6, 6.07) is 14.4. The van der Waals surface area contributed by atoms with Crippen molar-refractivity contribution in [2.45, 2.75) is 12.8 Å². The van der Waals surface area contributed by atoms with Crippen molar-refractivity contribution < 1.29 is 9.21 Å². The molecule has 3 rings (SSSR count). The molecule has 0 bridgehead atoms. The van der Waals surface area contributed by atoms with E-state index in [1.54, 1.807) is 18.2 Å². The molecule has 1 aromatic heterocycles. The zero-order valence-electron chi connectivity index (χ0n) is 12.5. The van der Waals surface area contributed by atoms with Crippen molar-refractivity contribution in [3.8, 4) is 11.5 Å². The molecular formula is C17H13Cl2N3O2. The molecular weight excluding hydrogens is 349 g/mol. The number of nitrogens with one attached hydrogen (secondary N) is 1. The number of aromatic nitrogens is 2. The zero-order valence-corrected chi connectivity index (χ0v) is 14.0. The number of anilines is 1. The summed E-state index contributed by atoms with van der Waals surface area (Å²) >= 11 is 11.8. The third kappa shape index (κ3) is 4.13. The molecule has 0 unspecified atom stereocenters. The van der Waals surface area contributed by atoms with E-state index in [4.69, 9.17) is 27.6 Å². The Balaban J connectivity index is 1.56. The van der Waals surface area contributed by atoms with E-state index in [0.29, 0.717) is 33.9 Å². The van der Waals surface area contributed by atoms with Crippen LogP contribution in [-0.4, -0.2) is 16.1 Å². The summed E-state index contributed by atoms with van der Waals surface area (Å²) in [7, 11) is 0. The topological polar surface area (TPSA) is 68.0 Å². The number of nitrogens with zero attached hydrogens (tertiary/aromatic N) is 2. The van der Waals surface area contributed by atoms with Gasteiger partial charge in [0, 0.05) is 24.1 Å². The fourth-order valence-electron chi connectivity index (χ4n) is 2.07. The van der Waals surface area contributed by atoms with Gasteiger partial charge in [0.25, 0.3) is 0 Å². The standard InChI is InChI=1S/C17H13Cl2N3O2/c18-13-7-6-12(10-14(13)19)20-15(23)8-9-16-21-22-17(24-16)11-4-2-1-3-5-11/h1-7,10H,8-9H2,(H,20,23). The Kier molecular flexibility index (Phi) is 5.13. The minimum Gasteiger partial charge on any atom is -0.421 e. The first-order valence-corrected chi connectivity index (χ1v) is 8.00. The van der Waals surface area contributed by atoms with Crippen molar-refractivity contribution in [3.05, 3.63) is 64.5 Å². The van der Waals surface area contributed by atoms with Crippen LogP contribution in [0.1, 0.15) is 12.3 Å². The van der Waals surface area contributed by atoms with E-state index >= 15 is 0 Å². The third-order valence-corrected chi connectivity index (χ3v) is 4.00. The Hall–Kier alpha value is -2.37. The lowest BCUT2D eigenvalue weighted by atomic mass is 10.2. The Morgan fingerprint density at radius 3 is 2.58 bits per heavy atom. The average molecular weight is 362 g/mol. The van der Waals surface area contributed by atoms with Crippen molar-refractivity contribution in [1.82, 2.24) is 10.2 Å². The van der Waals surface area contributed by atoms with E-state index in [1.165, 1.54) is 0 Å². The van der Waals surface area contributed by atoms with Gasteiger partial charge in [-0.15, -0.1) is 10.2 Å². The first-order valence-electron chi connectivity index (χ1n) is 7.24. The highest BCUT2D eigenvalue weighted by Gasteiger charge is 2.11. The van der Waals surface area contributed by atoms with Crippen LogP contribution in [-0.2, 0) is 11.2 Å². The van der Waals surface area contributed by atoms with Crippen molar-refractivity contribution in [2.75, 3.05) is 5.32 Å². The molecule has 1 N–H and O–H groups in total. The molecule has 7 heteroatoms. The molecule has 0 saturated carbocycles. The van der Waals surface area contributed by atoms with Crippen LogP contribution in [0.2, 0.25) is 10.0 Å². The van der Waals surface area contributed by atoms with Crippen LogP contribution >= 0.6 is 23.2 Å². The van der Waals surface area contributed by atoms with Crippen LogP contribution in [0.25, 0.3) is 11.5 Å². The molecule has 24 heavy (non-hydrogen) atoms. The largest absolute Gasteiger partial charge is 0.421 e. The maximum absolute atomic E-state index is 12.0. The summed E-state index contributed by atoms with van der Waals surface area (Å²) in [6.45, 7) is 0. The van der Waals surface area contributed by atoms with E-state index in [2.05, 4.69) is 15.5 Å². The third-order valence-electron chi connectivity index (χ3n) is 3.26. The van der Waals surface area contributed by atoms with Gasteiger partial charge in [-0.25, -0.2) is 0 Å². The molecule has 0 aliphatic carbocycles. The van der Waals surface area contributed by atoms with Gasteiger partial charge >= 0.3 is 0 Å². The van der Waals surface area contributed by atoms with E-state index < -0.39 is 0 Å². The summed E-state index contributed by atoms with van der Waals surface area (Å²) in [4.78, 5) is 12.0. The van der Waals surface area contributed by atoms with Gasteiger partial charge in [0.2, 0.25) is 17.7 Å². The predicted molar refractivity (Wildman–Crippen MR) is 93.1 cm³/mol. The summed E-state index contributed by atoms with van der Waals surface area (Å²) in [5, 5.41) is 11.5. The normalized spacial score (nSPS) is 10.6. The monoisotopic (exact) mass is 361 g/mol. The van der Waals surface area contributed by atoms with Crippen LogP contribution in [0.15, 0.2) is 52.9 Å². The SMILES string of the molecule is O=C(CCc1nnc(-c2ccccc2)o1)Nc1ccc(Cl)c(Cl)c1. The number of halogens is 2. The molecule has 3 aromatic rings. The molecule has 122 valence electrons. The van der Waals surface area contributed by atoms with Gasteiger partial charge in [0.1, 0.15) is 0 Å². The highest BCUT2D eigenvalue weighted by molar-refractivity contribution is 6.42. The van der Waals surface area contributed by atoms with Crippen LogP contribution in [0.3, 0.4) is 0 Å². The van der Waals surface area contributed by atoms with Crippen molar-refractivity contribution in [3.63, 3.8) is 0 Å². The van der Waals surface area contributed by atoms with E-state index in [1.807, 2.05) is 30.3 Å². The second-order valence-corrected chi connectivity index (χ2v) is 5.86. The molecule has 0 aliphatic heterocycles. The molecule has 0 fully saturated rings. The molecule has 1 heterocycles. The van der Waals surface area contributed by atoms with Crippen LogP contribution < -0.4 is 5.32 Å². The van der Waals surface area contributed by atoms with Gasteiger partial charge in [0.15, 0.2) is 0 Å². The fraction of sp³-hybridized carbons (Fsp3) is 0.118. The summed E-state index contributed by atoms with van der Waals surface area (Å²) in [5.74, 6) is 0.682. The van der Waals surface area contributed by atoms with Crippen LogP contribution in [0, 0.1) is 0 Å². The van der Waals surface area contributed by atoms with Crippen molar-refractivity contribution in [2.24, 2.45) is 0 Å². The maximum atomic E-state index is 12.0. The number of amides is 1. The molecule has 0 radical (unpaired) electrons. The maximum Gasteiger partial charge on any atom is 0.247 e. The van der Waals surface area contributed by atoms with E-state index in [9.17, 15) is 4.79 Å². The highest BCUT2D eigenvalue weighted by atomic mass is 35.5. The number of hydrogen-bond acceptors (Lipinski definition) is 4. The number of benzene rings is 2. The number of aryl methyl sites for hydroxylation is 1. The smallest absolute Gasteiger partial charge is 0.247 e. The number of rotatable bonds is 5. The lowest BCUT2D eigenvalue weighted by Crippen LogP contribution is -2.12. The Labute approximate surface area is 148 Å². The molecule has 5 nitrogen and oxygen atoms in total. The summed E-state index contributed by atoms with van der Waals surface area (Å²) < 4.78 is 5.56. The molecule has 1 amide bonds. The quantitative estimate of drug-likeness (QED) is 0.719. The van der Waals surface area contributed by atoms with Crippen molar-refractivity contribution in [1.29, 1.82) is 0 Å². The number of hydrogen-bond donors (Lipinski definition) is 1. The number of carbonyl (C=O) groups excluding carboxylic acids is 1. The Bertz CT molecular complexity index is 850. The van der Waals surface area contributed by atoms with Gasteiger partial charge in [-0.3, -0.25) is 4.79 Å². The average Bonchev–Trinajstić information content (AvgIpc) is 3.06. The van der Waals surface area contributed by atoms with Gasteiger partial charge in [0.05, 0.1) is 10.0 Å². The Morgan fingerprint density at radius 1 is 1.04 bits per heavy atom. The second kappa shape index (κ2) is 7.47. The van der Waals surface area contributed by atoms with Gasteiger partial charge in [-0.1, -0.05) is 41.4 Å². The molecule has 0 saturated heterocycles. The molecule has 0 spiro atoms. The summed E-state index contributed by atoms with van der Waals surface area (Å²) in [6.07, 6.45) is 0.573. The first kappa shape index (κ1) is 16.5. The predicted octanol–water partition coefficient (Wildman–Crippen LogP) is 4.61. The Morgan fingerprint density at radius 2 is 1.83 bits per heavy atom. The van der Waals surface area contributed by atoms with Gasteiger partial charge < -0.3 is 9.73 Å².